The highest BCUT2D eigenvalue weighted by atomic mass is 16.2. The number of hydrogen-bond acceptors (Lipinski definition) is 4. The first-order valence-electron chi connectivity index (χ1n) is 8.81. The van der Waals surface area contributed by atoms with Crippen LogP contribution < -0.4 is 15.5 Å². The van der Waals surface area contributed by atoms with E-state index < -0.39 is 0 Å². The van der Waals surface area contributed by atoms with E-state index in [2.05, 4.69) is 44.8 Å². The lowest BCUT2D eigenvalue weighted by Gasteiger charge is -2.20. The van der Waals surface area contributed by atoms with Crippen molar-refractivity contribution in [2.45, 2.75) is 39.2 Å². The van der Waals surface area contributed by atoms with E-state index in [-0.39, 0.29) is 11.4 Å². The SMILES string of the molecule is CC(C)(C)NC(=O)c1ccc(Nc2ccc(N3CCCC3)cc2)cn1. The molecule has 1 saturated heterocycles. The summed E-state index contributed by atoms with van der Waals surface area (Å²) in [5.41, 5.74) is 3.30. The van der Waals surface area contributed by atoms with Crippen molar-refractivity contribution in [1.29, 1.82) is 0 Å². The summed E-state index contributed by atoms with van der Waals surface area (Å²) in [6.07, 6.45) is 4.24. The van der Waals surface area contributed by atoms with Crippen molar-refractivity contribution >= 4 is 23.0 Å². The number of benzene rings is 1. The number of hydrogen-bond donors (Lipinski definition) is 2. The third-order valence-corrected chi connectivity index (χ3v) is 4.11. The standard InChI is InChI=1S/C20H26N4O/c1-20(2,3)23-19(25)18-11-8-16(14-21-18)22-15-6-9-17(10-7-15)24-12-4-5-13-24/h6-11,14,22H,4-5,12-13H2,1-3H3,(H,23,25). The zero-order chi connectivity index (χ0) is 17.9. The number of anilines is 3. The van der Waals surface area contributed by atoms with Crippen LogP contribution in [0.1, 0.15) is 44.1 Å². The monoisotopic (exact) mass is 338 g/mol. The first kappa shape index (κ1) is 17.3. The molecule has 1 aliphatic rings. The molecule has 1 fully saturated rings. The van der Waals surface area contributed by atoms with E-state index in [1.807, 2.05) is 26.8 Å². The van der Waals surface area contributed by atoms with Crippen molar-refractivity contribution in [2.24, 2.45) is 0 Å². The molecule has 1 amide bonds. The van der Waals surface area contributed by atoms with Gasteiger partial charge in [-0.1, -0.05) is 0 Å². The van der Waals surface area contributed by atoms with Crippen molar-refractivity contribution in [3.05, 3.63) is 48.3 Å². The Kier molecular flexibility index (Phi) is 4.93. The van der Waals surface area contributed by atoms with Crippen molar-refractivity contribution in [2.75, 3.05) is 23.3 Å². The fourth-order valence-corrected chi connectivity index (χ4v) is 2.90. The van der Waals surface area contributed by atoms with Gasteiger partial charge in [0.15, 0.2) is 0 Å². The summed E-state index contributed by atoms with van der Waals surface area (Å²) in [6.45, 7) is 8.15. The van der Waals surface area contributed by atoms with E-state index in [4.69, 9.17) is 0 Å². The van der Waals surface area contributed by atoms with Gasteiger partial charge in [-0.25, -0.2) is 4.98 Å². The minimum atomic E-state index is -0.271. The minimum absolute atomic E-state index is 0.158. The summed E-state index contributed by atoms with van der Waals surface area (Å²) in [7, 11) is 0. The second kappa shape index (κ2) is 7.13. The van der Waals surface area contributed by atoms with Crippen molar-refractivity contribution in [1.82, 2.24) is 10.3 Å². The van der Waals surface area contributed by atoms with Crippen LogP contribution in [-0.4, -0.2) is 29.5 Å². The van der Waals surface area contributed by atoms with Crippen LogP contribution in [0, 0.1) is 0 Å². The fraction of sp³-hybridized carbons (Fsp3) is 0.400. The maximum absolute atomic E-state index is 12.1. The highest BCUT2D eigenvalue weighted by Crippen LogP contribution is 2.23. The molecular formula is C20H26N4O. The number of nitrogens with one attached hydrogen (secondary N) is 2. The quantitative estimate of drug-likeness (QED) is 0.886. The highest BCUT2D eigenvalue weighted by molar-refractivity contribution is 5.93. The van der Waals surface area contributed by atoms with Crippen molar-refractivity contribution in [3.8, 4) is 0 Å². The average molecular weight is 338 g/mol. The van der Waals surface area contributed by atoms with Gasteiger partial charge in [0.1, 0.15) is 5.69 Å². The van der Waals surface area contributed by atoms with Crippen molar-refractivity contribution in [3.63, 3.8) is 0 Å². The number of amides is 1. The van der Waals surface area contributed by atoms with Gasteiger partial charge in [-0.3, -0.25) is 4.79 Å². The predicted octanol–water partition coefficient (Wildman–Crippen LogP) is 3.95. The Balaban J connectivity index is 1.62. The Hall–Kier alpha value is -2.56. The lowest BCUT2D eigenvalue weighted by Crippen LogP contribution is -2.40. The summed E-state index contributed by atoms with van der Waals surface area (Å²) in [5.74, 6) is -0.158. The second-order valence-corrected chi connectivity index (χ2v) is 7.50. The molecule has 0 aliphatic carbocycles. The normalized spacial score (nSPS) is 14.4. The Morgan fingerprint density at radius 2 is 1.64 bits per heavy atom. The van der Waals surface area contributed by atoms with Crippen LogP contribution in [-0.2, 0) is 0 Å². The van der Waals surface area contributed by atoms with Crippen molar-refractivity contribution < 1.29 is 4.79 Å². The third-order valence-electron chi connectivity index (χ3n) is 4.11. The largest absolute Gasteiger partial charge is 0.372 e. The van der Waals surface area contributed by atoms with E-state index in [1.54, 1.807) is 12.3 Å². The van der Waals surface area contributed by atoms with E-state index in [0.717, 1.165) is 24.5 Å². The van der Waals surface area contributed by atoms with Crippen LogP contribution in [0.3, 0.4) is 0 Å². The summed E-state index contributed by atoms with van der Waals surface area (Å²) < 4.78 is 0. The smallest absolute Gasteiger partial charge is 0.270 e. The Morgan fingerprint density at radius 1 is 1.00 bits per heavy atom. The molecule has 1 aliphatic heterocycles. The predicted molar refractivity (Wildman–Crippen MR) is 103 cm³/mol. The lowest BCUT2D eigenvalue weighted by atomic mass is 10.1. The molecule has 1 aromatic heterocycles. The van der Waals surface area contributed by atoms with E-state index in [0.29, 0.717) is 5.69 Å². The van der Waals surface area contributed by atoms with Gasteiger partial charge in [-0.05, 0) is 70.0 Å². The minimum Gasteiger partial charge on any atom is -0.372 e. The number of carbonyl (C=O) groups is 1. The van der Waals surface area contributed by atoms with Crippen LogP contribution in [0.5, 0.6) is 0 Å². The molecule has 1 aromatic carbocycles. The van der Waals surface area contributed by atoms with Crippen LogP contribution in [0.25, 0.3) is 0 Å². The fourth-order valence-electron chi connectivity index (χ4n) is 2.90. The topological polar surface area (TPSA) is 57.3 Å². The molecule has 0 unspecified atom stereocenters. The van der Waals surface area contributed by atoms with Gasteiger partial charge in [0.2, 0.25) is 0 Å². The molecule has 2 N–H and O–H groups in total. The zero-order valence-electron chi connectivity index (χ0n) is 15.2. The van der Waals surface area contributed by atoms with Crippen LogP contribution in [0.4, 0.5) is 17.1 Å². The molecule has 2 aromatic rings. The van der Waals surface area contributed by atoms with E-state index in [1.165, 1.54) is 18.5 Å². The maximum atomic E-state index is 12.1. The van der Waals surface area contributed by atoms with Crippen LogP contribution in [0.2, 0.25) is 0 Å². The van der Waals surface area contributed by atoms with Gasteiger partial charge in [-0.15, -0.1) is 0 Å². The maximum Gasteiger partial charge on any atom is 0.270 e. The van der Waals surface area contributed by atoms with Gasteiger partial charge in [0.25, 0.3) is 5.91 Å². The van der Waals surface area contributed by atoms with Crippen LogP contribution >= 0.6 is 0 Å². The summed E-state index contributed by atoms with van der Waals surface area (Å²) >= 11 is 0. The Bertz CT molecular complexity index is 711. The van der Waals surface area contributed by atoms with E-state index >= 15 is 0 Å². The van der Waals surface area contributed by atoms with Crippen LogP contribution in [0.15, 0.2) is 42.6 Å². The first-order chi connectivity index (χ1) is 11.9. The van der Waals surface area contributed by atoms with E-state index in [9.17, 15) is 4.79 Å². The number of rotatable bonds is 4. The third kappa shape index (κ3) is 4.72. The van der Waals surface area contributed by atoms with Gasteiger partial charge in [0.05, 0.1) is 11.9 Å². The summed E-state index contributed by atoms with van der Waals surface area (Å²) in [6, 6.07) is 12.1. The molecule has 25 heavy (non-hydrogen) atoms. The molecule has 132 valence electrons. The van der Waals surface area contributed by atoms with Gasteiger partial charge < -0.3 is 15.5 Å². The van der Waals surface area contributed by atoms with Gasteiger partial charge in [-0.2, -0.15) is 0 Å². The number of nitrogens with zero attached hydrogens (tertiary/aromatic N) is 2. The first-order valence-corrected chi connectivity index (χ1v) is 8.81. The van der Waals surface area contributed by atoms with Gasteiger partial charge in [0, 0.05) is 30.0 Å². The molecule has 3 rings (SSSR count). The molecular weight excluding hydrogens is 312 g/mol. The number of pyridine rings is 1. The second-order valence-electron chi connectivity index (χ2n) is 7.50. The molecule has 2 heterocycles. The molecule has 0 saturated carbocycles. The molecule has 0 spiro atoms. The number of aromatic nitrogens is 1. The molecule has 0 atom stereocenters. The Morgan fingerprint density at radius 3 is 2.20 bits per heavy atom. The average Bonchev–Trinajstić information content (AvgIpc) is 3.09. The summed E-state index contributed by atoms with van der Waals surface area (Å²) in [4.78, 5) is 18.8. The highest BCUT2D eigenvalue weighted by Gasteiger charge is 2.16. The molecule has 5 nitrogen and oxygen atoms in total. The number of carbonyl (C=O) groups excluding carboxylic acids is 1. The zero-order valence-corrected chi connectivity index (χ0v) is 15.2. The summed E-state index contributed by atoms with van der Waals surface area (Å²) in [5, 5.41) is 6.23. The van der Waals surface area contributed by atoms with Gasteiger partial charge >= 0.3 is 0 Å². The molecule has 0 radical (unpaired) electrons. The molecule has 0 bridgehead atoms. The Labute approximate surface area is 149 Å². The molecule has 5 heteroatoms. The lowest BCUT2D eigenvalue weighted by molar-refractivity contribution is 0.0914.